The molecule has 5 heteroatoms. The molecule has 1 heterocycles. The molecule has 2 atom stereocenters. The molecule has 4 nitrogen and oxygen atoms in total. The third-order valence-electron chi connectivity index (χ3n) is 3.82. The Morgan fingerprint density at radius 1 is 1.25 bits per heavy atom. The second-order valence-corrected chi connectivity index (χ2v) is 7.34. The van der Waals surface area contributed by atoms with Crippen molar-refractivity contribution in [2.45, 2.75) is 49.3 Å². The van der Waals surface area contributed by atoms with Gasteiger partial charge in [0.2, 0.25) is 0 Å². The molecular weight excluding hydrogens is 274 g/mol. The maximum absolute atomic E-state index is 12.7. The molecule has 1 aromatic carbocycles. The molecule has 0 bridgehead atoms. The van der Waals surface area contributed by atoms with Crippen LogP contribution in [-0.4, -0.2) is 27.3 Å². The van der Waals surface area contributed by atoms with Gasteiger partial charge in [-0.25, -0.2) is 8.42 Å². The van der Waals surface area contributed by atoms with Crippen LogP contribution in [0.1, 0.15) is 44.7 Å². The van der Waals surface area contributed by atoms with E-state index in [1.807, 2.05) is 13.0 Å². The van der Waals surface area contributed by atoms with Crippen LogP contribution in [0.4, 0.5) is 0 Å². The highest BCUT2D eigenvalue weighted by atomic mass is 32.2. The standard InChI is InChI=1S/C15H23NO3S/c1-4-6-14-15(16-9-5-2)12-10-11(19-3)7-8-13(12)20(14,17)18/h7-8,10,14-16H,4-6,9H2,1-3H3. The summed E-state index contributed by atoms with van der Waals surface area (Å²) in [5.74, 6) is 0.708. The molecule has 2 rings (SSSR count). The molecule has 0 aliphatic carbocycles. The average molecular weight is 297 g/mol. The molecule has 0 amide bonds. The van der Waals surface area contributed by atoms with Crippen LogP contribution in [-0.2, 0) is 9.84 Å². The van der Waals surface area contributed by atoms with Crippen LogP contribution in [0.3, 0.4) is 0 Å². The van der Waals surface area contributed by atoms with Crippen molar-refractivity contribution in [2.75, 3.05) is 13.7 Å². The molecule has 0 radical (unpaired) electrons. The Hall–Kier alpha value is -1.07. The van der Waals surface area contributed by atoms with E-state index in [0.717, 1.165) is 24.9 Å². The molecule has 1 N–H and O–H groups in total. The van der Waals surface area contributed by atoms with Crippen molar-refractivity contribution in [2.24, 2.45) is 0 Å². The van der Waals surface area contributed by atoms with Gasteiger partial charge in [-0.1, -0.05) is 20.3 Å². The normalized spacial score (nSPS) is 23.6. The summed E-state index contributed by atoms with van der Waals surface area (Å²) >= 11 is 0. The minimum absolute atomic E-state index is 0.120. The first-order valence-corrected chi connectivity index (χ1v) is 8.76. The lowest BCUT2D eigenvalue weighted by atomic mass is 10.0. The molecule has 112 valence electrons. The van der Waals surface area contributed by atoms with E-state index in [0.29, 0.717) is 17.1 Å². The Morgan fingerprint density at radius 2 is 2.00 bits per heavy atom. The average Bonchev–Trinajstić information content (AvgIpc) is 2.65. The van der Waals surface area contributed by atoms with Crippen molar-refractivity contribution < 1.29 is 13.2 Å². The van der Waals surface area contributed by atoms with Gasteiger partial charge >= 0.3 is 0 Å². The summed E-state index contributed by atoms with van der Waals surface area (Å²) in [5.41, 5.74) is 0.858. The lowest BCUT2D eigenvalue weighted by Gasteiger charge is -2.20. The van der Waals surface area contributed by atoms with Gasteiger partial charge in [-0.15, -0.1) is 0 Å². The fraction of sp³-hybridized carbons (Fsp3) is 0.600. The number of methoxy groups -OCH3 is 1. The van der Waals surface area contributed by atoms with E-state index in [1.165, 1.54) is 0 Å². The number of rotatable bonds is 6. The van der Waals surface area contributed by atoms with Crippen molar-refractivity contribution in [3.8, 4) is 5.75 Å². The summed E-state index contributed by atoms with van der Waals surface area (Å²) in [7, 11) is -1.63. The molecule has 0 saturated heterocycles. The van der Waals surface area contributed by atoms with Crippen molar-refractivity contribution in [3.05, 3.63) is 23.8 Å². The van der Waals surface area contributed by atoms with Gasteiger partial charge in [0.15, 0.2) is 9.84 Å². The van der Waals surface area contributed by atoms with Gasteiger partial charge in [0.05, 0.1) is 23.3 Å². The topological polar surface area (TPSA) is 55.4 Å². The zero-order valence-corrected chi connectivity index (χ0v) is 13.2. The van der Waals surface area contributed by atoms with E-state index in [9.17, 15) is 8.42 Å². The van der Waals surface area contributed by atoms with Crippen molar-refractivity contribution in [1.29, 1.82) is 0 Å². The summed E-state index contributed by atoms with van der Waals surface area (Å²) in [4.78, 5) is 0.463. The minimum atomic E-state index is -3.23. The Bertz CT molecular complexity index is 568. The molecule has 1 aromatic rings. The molecule has 0 spiro atoms. The second kappa shape index (κ2) is 6.14. The van der Waals surface area contributed by atoms with Gasteiger partial charge in [0.25, 0.3) is 0 Å². The van der Waals surface area contributed by atoms with Crippen LogP contribution in [0.15, 0.2) is 23.1 Å². The molecule has 2 unspecified atom stereocenters. The predicted octanol–water partition coefficient (Wildman–Crippen LogP) is 2.69. The first-order chi connectivity index (χ1) is 9.56. The zero-order valence-electron chi connectivity index (χ0n) is 12.3. The Labute approximate surface area is 121 Å². The Kier molecular flexibility index (Phi) is 4.70. The summed E-state index contributed by atoms with van der Waals surface area (Å²) in [6.07, 6.45) is 2.52. The Morgan fingerprint density at radius 3 is 2.60 bits per heavy atom. The molecular formula is C15H23NO3S. The van der Waals surface area contributed by atoms with E-state index in [2.05, 4.69) is 12.2 Å². The summed E-state index contributed by atoms with van der Waals surface area (Å²) in [5, 5.41) is 3.03. The van der Waals surface area contributed by atoms with Gasteiger partial charge in [-0.05, 0) is 43.1 Å². The van der Waals surface area contributed by atoms with Crippen LogP contribution in [0, 0.1) is 0 Å². The van der Waals surface area contributed by atoms with Gasteiger partial charge in [-0.2, -0.15) is 0 Å². The number of ether oxygens (including phenoxy) is 1. The van der Waals surface area contributed by atoms with Crippen LogP contribution in [0.2, 0.25) is 0 Å². The lowest BCUT2D eigenvalue weighted by molar-refractivity contribution is 0.412. The van der Waals surface area contributed by atoms with E-state index < -0.39 is 9.84 Å². The smallest absolute Gasteiger partial charge is 0.183 e. The Balaban J connectivity index is 2.48. The molecule has 0 fully saturated rings. The van der Waals surface area contributed by atoms with Crippen molar-refractivity contribution >= 4 is 9.84 Å². The first-order valence-electron chi connectivity index (χ1n) is 7.21. The van der Waals surface area contributed by atoms with Crippen LogP contribution in [0.25, 0.3) is 0 Å². The third-order valence-corrected chi connectivity index (χ3v) is 6.11. The van der Waals surface area contributed by atoms with Crippen molar-refractivity contribution in [3.63, 3.8) is 0 Å². The van der Waals surface area contributed by atoms with E-state index in [4.69, 9.17) is 4.74 Å². The monoisotopic (exact) mass is 297 g/mol. The van der Waals surface area contributed by atoms with Gasteiger partial charge < -0.3 is 10.1 Å². The quantitative estimate of drug-likeness (QED) is 0.877. The van der Waals surface area contributed by atoms with Crippen LogP contribution in [0.5, 0.6) is 5.75 Å². The minimum Gasteiger partial charge on any atom is -0.497 e. The fourth-order valence-corrected chi connectivity index (χ4v) is 5.09. The summed E-state index contributed by atoms with van der Waals surface area (Å²) in [6.45, 7) is 4.92. The van der Waals surface area contributed by atoms with Gasteiger partial charge in [0, 0.05) is 0 Å². The molecule has 1 aliphatic rings. The maximum atomic E-state index is 12.7. The van der Waals surface area contributed by atoms with Crippen LogP contribution < -0.4 is 10.1 Å². The summed E-state index contributed by atoms with van der Waals surface area (Å²) in [6, 6.07) is 5.14. The highest BCUT2D eigenvalue weighted by Gasteiger charge is 2.44. The van der Waals surface area contributed by atoms with E-state index in [-0.39, 0.29) is 11.3 Å². The number of hydrogen-bond donors (Lipinski definition) is 1. The van der Waals surface area contributed by atoms with Crippen molar-refractivity contribution in [1.82, 2.24) is 5.32 Å². The van der Waals surface area contributed by atoms with Gasteiger partial charge in [-0.3, -0.25) is 0 Å². The van der Waals surface area contributed by atoms with Gasteiger partial charge in [0.1, 0.15) is 5.75 Å². The number of nitrogens with one attached hydrogen (secondary N) is 1. The number of fused-ring (bicyclic) bond motifs is 1. The highest BCUT2D eigenvalue weighted by molar-refractivity contribution is 7.92. The largest absolute Gasteiger partial charge is 0.497 e. The SMILES string of the molecule is CCCNC1c2cc(OC)ccc2S(=O)(=O)C1CCC. The highest BCUT2D eigenvalue weighted by Crippen LogP contribution is 2.42. The van der Waals surface area contributed by atoms with Crippen LogP contribution >= 0.6 is 0 Å². The first kappa shape index (κ1) is 15.3. The number of benzene rings is 1. The summed E-state index contributed by atoms with van der Waals surface area (Å²) < 4.78 is 30.6. The molecule has 20 heavy (non-hydrogen) atoms. The number of sulfone groups is 1. The van der Waals surface area contributed by atoms with E-state index >= 15 is 0 Å². The maximum Gasteiger partial charge on any atom is 0.183 e. The molecule has 0 saturated carbocycles. The molecule has 1 aliphatic heterocycles. The number of hydrogen-bond acceptors (Lipinski definition) is 4. The lowest BCUT2D eigenvalue weighted by Crippen LogP contribution is -2.32. The molecule has 0 aromatic heterocycles. The fourth-order valence-electron chi connectivity index (χ4n) is 2.85. The second-order valence-electron chi connectivity index (χ2n) is 5.21. The predicted molar refractivity (Wildman–Crippen MR) is 79.9 cm³/mol. The van der Waals surface area contributed by atoms with E-state index in [1.54, 1.807) is 19.2 Å². The zero-order chi connectivity index (χ0) is 14.8. The third kappa shape index (κ3) is 2.56.